The minimum Gasteiger partial charge on any atom is -0.256 e. The number of pyridine rings is 1. The highest BCUT2D eigenvalue weighted by Crippen LogP contribution is 2.35. The number of nitrogens with zero attached hydrogens (tertiary/aromatic N) is 1. The van der Waals surface area contributed by atoms with Crippen molar-refractivity contribution in [2.45, 2.75) is 20.6 Å². The number of aryl methyl sites for hydroxylation is 3. The molecule has 0 amide bonds. The quantitative estimate of drug-likeness (QED) is 0.304. The molecule has 0 saturated carbocycles. The predicted octanol–water partition coefficient (Wildman–Crippen LogP) is 6.04. The van der Waals surface area contributed by atoms with Gasteiger partial charge in [0, 0.05) is 24.1 Å². The zero-order valence-corrected chi connectivity index (χ0v) is 12.7. The molecule has 1 aromatic heterocycles. The lowest BCUT2D eigenvalue weighted by Gasteiger charge is -2.13. The van der Waals surface area contributed by atoms with Crippen LogP contribution in [0.2, 0.25) is 0 Å². The molecule has 0 saturated heterocycles. The number of hydrogen-bond acceptors (Lipinski definition) is 1. The molecule has 6 heteroatoms. The van der Waals surface area contributed by atoms with Gasteiger partial charge in [0.2, 0.25) is 5.82 Å². The highest BCUT2D eigenvalue weighted by molar-refractivity contribution is 5.75. The molecule has 0 aliphatic rings. The van der Waals surface area contributed by atoms with Crippen LogP contribution in [0.15, 0.2) is 30.5 Å². The van der Waals surface area contributed by atoms with Crippen molar-refractivity contribution in [2.75, 3.05) is 0 Å². The molecule has 3 aromatic rings. The normalized spacial score (nSPS) is 17.7. The van der Waals surface area contributed by atoms with E-state index in [1.807, 2.05) is 0 Å². The predicted molar refractivity (Wildman–Crippen MR) is 89.1 cm³/mol. The summed E-state index contributed by atoms with van der Waals surface area (Å²) in [7, 11) is 0. The first-order valence-electron chi connectivity index (χ1n) is 11.5. The lowest BCUT2D eigenvalue weighted by atomic mass is 9.95. The van der Waals surface area contributed by atoms with E-state index in [1.54, 1.807) is 0 Å². The molecule has 0 radical (unpaired) electrons. The van der Waals surface area contributed by atoms with Crippen LogP contribution in [0.4, 0.5) is 22.0 Å². The summed E-state index contributed by atoms with van der Waals surface area (Å²) in [4.78, 5) is 3.86. The van der Waals surface area contributed by atoms with Gasteiger partial charge in [0.15, 0.2) is 23.3 Å². The van der Waals surface area contributed by atoms with Crippen molar-refractivity contribution in [3.63, 3.8) is 0 Å². The molecular formula is C20H14F5N. The van der Waals surface area contributed by atoms with Gasteiger partial charge in [0.05, 0.1) is 11.3 Å². The molecule has 0 aliphatic heterocycles. The first kappa shape index (κ1) is 9.80. The molecule has 26 heavy (non-hydrogen) atoms. The van der Waals surface area contributed by atoms with Gasteiger partial charge in [0.1, 0.15) is 0 Å². The second-order valence-corrected chi connectivity index (χ2v) is 5.32. The van der Waals surface area contributed by atoms with E-state index >= 15 is 0 Å². The van der Waals surface area contributed by atoms with Gasteiger partial charge in [-0.15, -0.1) is 0 Å². The van der Waals surface area contributed by atoms with Crippen molar-refractivity contribution >= 4 is 0 Å². The Labute approximate surface area is 159 Å². The molecule has 3 rings (SSSR count). The standard InChI is InChI=1S/C20H14F5N/c1-9-4-5-12(14-6-10(2)11(3)8-26-14)7-13(9)15-16(21)18(23)20(25)19(24)17(15)22/h4-8H,1-3H3/i1D3,2D3,3D3. The summed E-state index contributed by atoms with van der Waals surface area (Å²) in [5, 5.41) is 0. The van der Waals surface area contributed by atoms with Crippen LogP contribution < -0.4 is 0 Å². The summed E-state index contributed by atoms with van der Waals surface area (Å²) >= 11 is 0. The number of halogens is 5. The fourth-order valence-electron chi connectivity index (χ4n) is 2.37. The third kappa shape index (κ3) is 2.85. The minimum atomic E-state index is -3.05. The van der Waals surface area contributed by atoms with Crippen LogP contribution in [0.1, 0.15) is 29.0 Å². The number of rotatable bonds is 2. The van der Waals surface area contributed by atoms with Gasteiger partial charge in [-0.2, -0.15) is 0 Å². The monoisotopic (exact) mass is 372 g/mol. The Bertz CT molecular complexity index is 1290. The van der Waals surface area contributed by atoms with Crippen molar-refractivity contribution in [1.29, 1.82) is 0 Å². The maximum atomic E-state index is 14.5. The van der Waals surface area contributed by atoms with Crippen LogP contribution in [0.5, 0.6) is 0 Å². The summed E-state index contributed by atoms with van der Waals surface area (Å²) in [6.45, 7) is -8.80. The van der Waals surface area contributed by atoms with Gasteiger partial charge in [0.25, 0.3) is 0 Å². The highest BCUT2D eigenvalue weighted by atomic mass is 19.2. The molecule has 0 spiro atoms. The molecule has 0 aliphatic carbocycles. The lowest BCUT2D eigenvalue weighted by molar-refractivity contribution is 0.381. The maximum absolute atomic E-state index is 14.5. The molecule has 2 aromatic carbocycles. The second kappa shape index (κ2) is 6.52. The van der Waals surface area contributed by atoms with Gasteiger partial charge in [-0.3, -0.25) is 4.98 Å². The molecule has 0 atom stereocenters. The van der Waals surface area contributed by atoms with Gasteiger partial charge >= 0.3 is 0 Å². The Morgan fingerprint density at radius 3 is 1.96 bits per heavy atom. The Balaban J connectivity index is 2.37. The summed E-state index contributed by atoms with van der Waals surface area (Å²) in [6.07, 6.45) is 0.764. The van der Waals surface area contributed by atoms with Crippen LogP contribution in [-0.4, -0.2) is 4.98 Å². The molecule has 0 bridgehead atoms. The smallest absolute Gasteiger partial charge is 0.200 e. The highest BCUT2D eigenvalue weighted by Gasteiger charge is 2.27. The summed E-state index contributed by atoms with van der Waals surface area (Å²) in [5.41, 5.74) is -4.72. The zero-order chi connectivity index (χ0) is 26.7. The van der Waals surface area contributed by atoms with Crippen LogP contribution in [0.25, 0.3) is 22.4 Å². The average molecular weight is 372 g/mol. The van der Waals surface area contributed by atoms with Crippen LogP contribution >= 0.6 is 0 Å². The van der Waals surface area contributed by atoms with E-state index in [-0.39, 0.29) is 11.3 Å². The Kier molecular flexibility index (Phi) is 2.46. The van der Waals surface area contributed by atoms with E-state index < -0.39 is 77.5 Å². The maximum Gasteiger partial charge on any atom is 0.200 e. The largest absolute Gasteiger partial charge is 0.256 e. The summed E-state index contributed by atoms with van der Waals surface area (Å²) in [6, 6.07) is 3.59. The molecule has 0 unspecified atom stereocenters. The summed E-state index contributed by atoms with van der Waals surface area (Å²) < 4.78 is 139. The van der Waals surface area contributed by atoms with Crippen LogP contribution in [-0.2, 0) is 0 Å². The fraction of sp³-hybridized carbons (Fsp3) is 0.150. The SMILES string of the molecule is [2H]C([2H])([2H])c1ccc(-c2cc(C([2H])([2H])[2H])c(C([2H])([2H])[2H])cn2)cc1-c1c(F)c(F)c(F)c(F)c1F. The molecule has 0 fully saturated rings. The van der Waals surface area contributed by atoms with E-state index in [2.05, 4.69) is 4.98 Å². The number of aromatic nitrogens is 1. The topological polar surface area (TPSA) is 12.9 Å². The first-order valence-corrected chi connectivity index (χ1v) is 7.03. The van der Waals surface area contributed by atoms with Crippen molar-refractivity contribution in [3.8, 4) is 22.4 Å². The van der Waals surface area contributed by atoms with E-state index in [0.29, 0.717) is 0 Å². The Morgan fingerprint density at radius 1 is 0.731 bits per heavy atom. The second-order valence-electron chi connectivity index (χ2n) is 5.32. The Hall–Kier alpha value is -2.76. The van der Waals surface area contributed by atoms with Gasteiger partial charge in [-0.1, -0.05) is 12.1 Å². The minimum absolute atomic E-state index is 0.167. The van der Waals surface area contributed by atoms with E-state index in [1.165, 1.54) is 0 Å². The van der Waals surface area contributed by atoms with Gasteiger partial charge in [-0.25, -0.2) is 22.0 Å². The fourth-order valence-corrected chi connectivity index (χ4v) is 2.37. The van der Waals surface area contributed by atoms with Crippen LogP contribution in [0, 0.1) is 49.6 Å². The van der Waals surface area contributed by atoms with Crippen molar-refractivity contribution in [3.05, 3.63) is 76.2 Å². The van der Waals surface area contributed by atoms with E-state index in [9.17, 15) is 22.0 Å². The third-order valence-electron chi connectivity index (χ3n) is 3.70. The average Bonchev–Trinajstić information content (AvgIpc) is 2.74. The van der Waals surface area contributed by atoms with Crippen molar-refractivity contribution in [2.24, 2.45) is 0 Å². The first-order chi connectivity index (χ1) is 15.9. The number of hydrogen-bond donors (Lipinski definition) is 0. The van der Waals surface area contributed by atoms with Crippen molar-refractivity contribution < 1.29 is 34.3 Å². The van der Waals surface area contributed by atoms with Crippen LogP contribution in [0.3, 0.4) is 0 Å². The molecule has 134 valence electrons. The lowest BCUT2D eigenvalue weighted by Crippen LogP contribution is -2.05. The zero-order valence-electron chi connectivity index (χ0n) is 21.7. The molecule has 1 heterocycles. The number of benzene rings is 2. The van der Waals surface area contributed by atoms with Crippen molar-refractivity contribution in [1.82, 2.24) is 4.98 Å². The molecule has 1 nitrogen and oxygen atoms in total. The van der Waals surface area contributed by atoms with Gasteiger partial charge < -0.3 is 0 Å². The third-order valence-corrected chi connectivity index (χ3v) is 3.70. The van der Waals surface area contributed by atoms with E-state index in [0.717, 1.165) is 30.5 Å². The molecular weight excluding hydrogens is 349 g/mol. The Morgan fingerprint density at radius 2 is 1.35 bits per heavy atom. The van der Waals surface area contributed by atoms with Gasteiger partial charge in [-0.05, 0) is 54.9 Å². The summed E-state index contributed by atoms with van der Waals surface area (Å²) in [5.74, 6) is -11.5. The molecule has 0 N–H and O–H groups in total. The van der Waals surface area contributed by atoms with E-state index in [4.69, 9.17) is 12.3 Å².